The van der Waals surface area contributed by atoms with Crippen LogP contribution in [0.4, 0.5) is 17.5 Å². The Hall–Kier alpha value is -3.89. The molecule has 0 spiro atoms. The Balaban J connectivity index is 1.42. The van der Waals surface area contributed by atoms with Gasteiger partial charge >= 0.3 is 0 Å². The highest BCUT2D eigenvalue weighted by atomic mass is 32.2. The van der Waals surface area contributed by atoms with Gasteiger partial charge in [-0.05, 0) is 42.8 Å². The number of nitrogens with one attached hydrogen (secondary N) is 2. The second kappa shape index (κ2) is 8.57. The van der Waals surface area contributed by atoms with Crippen molar-refractivity contribution in [2.75, 3.05) is 10.0 Å². The van der Waals surface area contributed by atoms with Crippen LogP contribution in [0.2, 0.25) is 0 Å². The van der Waals surface area contributed by atoms with Crippen LogP contribution in [0.15, 0.2) is 83.5 Å². The molecule has 0 bridgehead atoms. The van der Waals surface area contributed by atoms with E-state index in [1.807, 2.05) is 30.3 Å². The predicted octanol–water partition coefficient (Wildman–Crippen LogP) is 5.00. The van der Waals surface area contributed by atoms with E-state index in [4.69, 9.17) is 0 Å². The molecule has 5 rings (SSSR count). The fourth-order valence-electron chi connectivity index (χ4n) is 3.33. The molecule has 0 saturated heterocycles. The van der Waals surface area contributed by atoms with Gasteiger partial charge in [0.05, 0.1) is 10.3 Å². The van der Waals surface area contributed by atoms with Gasteiger partial charge < -0.3 is 5.32 Å². The van der Waals surface area contributed by atoms with Crippen molar-refractivity contribution in [3.8, 4) is 11.1 Å². The predicted molar refractivity (Wildman–Crippen MR) is 130 cm³/mol. The smallest absolute Gasteiger partial charge is 0.264 e. The summed E-state index contributed by atoms with van der Waals surface area (Å²) >= 11 is 1.55. The minimum absolute atomic E-state index is 0.0338. The fraction of sp³-hybridized carbons (Fsp3) is 0.0435. The van der Waals surface area contributed by atoms with Gasteiger partial charge in [0, 0.05) is 28.5 Å². The third-order valence-electron chi connectivity index (χ3n) is 4.90. The molecule has 164 valence electrons. The van der Waals surface area contributed by atoms with Crippen molar-refractivity contribution >= 4 is 49.0 Å². The Morgan fingerprint density at radius 3 is 2.45 bits per heavy atom. The molecule has 5 aromatic rings. The van der Waals surface area contributed by atoms with E-state index in [-0.39, 0.29) is 10.8 Å². The van der Waals surface area contributed by atoms with Crippen molar-refractivity contribution < 1.29 is 8.42 Å². The van der Waals surface area contributed by atoms with Gasteiger partial charge in [0.1, 0.15) is 17.0 Å². The van der Waals surface area contributed by atoms with Gasteiger partial charge in [-0.1, -0.05) is 30.3 Å². The second-order valence-electron chi connectivity index (χ2n) is 7.19. The molecule has 0 fully saturated rings. The lowest BCUT2D eigenvalue weighted by molar-refractivity contribution is 0.601. The average molecular weight is 475 g/mol. The van der Waals surface area contributed by atoms with Crippen molar-refractivity contribution in [3.63, 3.8) is 0 Å². The molecule has 8 nitrogen and oxygen atoms in total. The third kappa shape index (κ3) is 4.38. The Morgan fingerprint density at radius 2 is 1.70 bits per heavy atom. The number of hydrogen-bond acceptors (Lipinski definition) is 8. The zero-order chi connectivity index (χ0) is 22.8. The minimum Gasteiger partial charge on any atom is -0.340 e. The van der Waals surface area contributed by atoms with Gasteiger partial charge in [0.15, 0.2) is 0 Å². The van der Waals surface area contributed by atoms with E-state index in [0.29, 0.717) is 17.2 Å². The molecule has 0 radical (unpaired) electrons. The lowest BCUT2D eigenvalue weighted by atomic mass is 10.1. The molecule has 0 aliphatic carbocycles. The normalized spacial score (nSPS) is 11.4. The Bertz CT molecular complexity index is 1530. The van der Waals surface area contributed by atoms with E-state index < -0.39 is 10.0 Å². The monoisotopic (exact) mass is 474 g/mol. The number of aryl methyl sites for hydroxylation is 1. The summed E-state index contributed by atoms with van der Waals surface area (Å²) in [5.74, 6) is 0.688. The lowest BCUT2D eigenvalue weighted by Gasteiger charge is -2.10. The molecule has 0 unspecified atom stereocenters. The topological polar surface area (TPSA) is 110 Å². The number of aromatic nitrogens is 4. The summed E-state index contributed by atoms with van der Waals surface area (Å²) in [6.07, 6.45) is 3.02. The number of hydrogen-bond donors (Lipinski definition) is 2. The summed E-state index contributed by atoms with van der Waals surface area (Å²) in [5.41, 5.74) is 3.49. The number of rotatable bonds is 6. The van der Waals surface area contributed by atoms with Crippen molar-refractivity contribution in [3.05, 3.63) is 84.3 Å². The van der Waals surface area contributed by atoms with E-state index in [1.165, 1.54) is 24.7 Å². The van der Waals surface area contributed by atoms with Gasteiger partial charge in [0.2, 0.25) is 5.95 Å². The molecule has 10 heteroatoms. The summed E-state index contributed by atoms with van der Waals surface area (Å²) in [6, 6.07) is 18.2. The molecule has 3 aromatic heterocycles. The Morgan fingerprint density at radius 1 is 0.909 bits per heavy atom. The first kappa shape index (κ1) is 21.0. The van der Waals surface area contributed by atoms with Crippen molar-refractivity contribution in [2.24, 2.45) is 0 Å². The zero-order valence-electron chi connectivity index (χ0n) is 17.4. The fourth-order valence-corrected chi connectivity index (χ4v) is 5.20. The molecule has 2 N–H and O–H groups in total. The van der Waals surface area contributed by atoms with E-state index in [1.54, 1.807) is 36.5 Å². The van der Waals surface area contributed by atoms with Gasteiger partial charge in [-0.2, -0.15) is 0 Å². The zero-order valence-corrected chi connectivity index (χ0v) is 19.1. The SMILES string of the molecule is Cc1ccnc(NS(=O)(=O)c2ccc(Nc3ncnc4scc(-c5ccccc5)c34)cc2)n1. The van der Waals surface area contributed by atoms with Crippen molar-refractivity contribution in [1.29, 1.82) is 0 Å². The van der Waals surface area contributed by atoms with Crippen LogP contribution < -0.4 is 10.0 Å². The number of anilines is 3. The molecule has 0 saturated carbocycles. The summed E-state index contributed by atoms with van der Waals surface area (Å²) in [7, 11) is -3.81. The maximum Gasteiger partial charge on any atom is 0.264 e. The number of nitrogens with zero attached hydrogens (tertiary/aromatic N) is 4. The number of sulfonamides is 1. The van der Waals surface area contributed by atoms with E-state index in [9.17, 15) is 8.42 Å². The number of benzene rings is 2. The van der Waals surface area contributed by atoms with Crippen molar-refractivity contribution in [2.45, 2.75) is 11.8 Å². The molecule has 2 aromatic carbocycles. The highest BCUT2D eigenvalue weighted by molar-refractivity contribution is 7.92. The van der Waals surface area contributed by atoms with Gasteiger partial charge in [0.25, 0.3) is 10.0 Å². The van der Waals surface area contributed by atoms with E-state index in [0.717, 1.165) is 21.3 Å². The summed E-state index contributed by atoms with van der Waals surface area (Å²) in [4.78, 5) is 17.8. The summed E-state index contributed by atoms with van der Waals surface area (Å²) in [6.45, 7) is 1.76. The first-order valence-corrected chi connectivity index (χ1v) is 12.3. The average Bonchev–Trinajstić information content (AvgIpc) is 3.25. The van der Waals surface area contributed by atoms with E-state index in [2.05, 4.69) is 35.4 Å². The minimum atomic E-state index is -3.81. The van der Waals surface area contributed by atoms with Crippen LogP contribution in [0.1, 0.15) is 5.69 Å². The molecule has 0 aliphatic rings. The number of thiophene rings is 1. The molecule has 0 aliphatic heterocycles. The van der Waals surface area contributed by atoms with Crippen LogP contribution in [0.5, 0.6) is 0 Å². The first-order chi connectivity index (χ1) is 16.0. The molecule has 0 amide bonds. The quantitative estimate of drug-likeness (QED) is 0.356. The third-order valence-corrected chi connectivity index (χ3v) is 7.13. The van der Waals surface area contributed by atoms with Crippen LogP contribution in [0.25, 0.3) is 21.3 Å². The molecule has 0 atom stereocenters. The maximum atomic E-state index is 12.7. The number of fused-ring (bicyclic) bond motifs is 1. The molecular weight excluding hydrogens is 456 g/mol. The Kier molecular flexibility index (Phi) is 5.45. The van der Waals surface area contributed by atoms with Crippen LogP contribution in [-0.4, -0.2) is 28.4 Å². The van der Waals surface area contributed by atoms with Gasteiger partial charge in [-0.3, -0.25) is 0 Å². The maximum absolute atomic E-state index is 12.7. The van der Waals surface area contributed by atoms with Crippen LogP contribution >= 0.6 is 11.3 Å². The molecular formula is C23H18N6O2S2. The summed E-state index contributed by atoms with van der Waals surface area (Å²) < 4.78 is 27.8. The standard InChI is InChI=1S/C23H18N6O2S2/c1-15-11-12-24-23(27-15)29-33(30,31)18-9-7-17(8-10-18)28-21-20-19(16-5-3-2-4-6-16)13-32-22(20)26-14-25-21/h2-14H,1H3,(H,24,27,29)(H,25,26,28). The highest BCUT2D eigenvalue weighted by Gasteiger charge is 2.17. The lowest BCUT2D eigenvalue weighted by Crippen LogP contribution is -2.15. The van der Waals surface area contributed by atoms with Crippen LogP contribution in [-0.2, 0) is 10.0 Å². The van der Waals surface area contributed by atoms with Crippen molar-refractivity contribution in [1.82, 2.24) is 19.9 Å². The van der Waals surface area contributed by atoms with Gasteiger partial charge in [-0.15, -0.1) is 11.3 Å². The van der Waals surface area contributed by atoms with Crippen LogP contribution in [0.3, 0.4) is 0 Å². The van der Waals surface area contributed by atoms with E-state index >= 15 is 0 Å². The molecule has 33 heavy (non-hydrogen) atoms. The summed E-state index contributed by atoms with van der Waals surface area (Å²) in [5, 5.41) is 6.28. The molecule has 3 heterocycles. The van der Waals surface area contributed by atoms with Crippen LogP contribution in [0, 0.1) is 6.92 Å². The second-order valence-corrected chi connectivity index (χ2v) is 9.73. The highest BCUT2D eigenvalue weighted by Crippen LogP contribution is 2.37. The largest absolute Gasteiger partial charge is 0.340 e. The van der Waals surface area contributed by atoms with Gasteiger partial charge in [-0.25, -0.2) is 33.1 Å². The Labute approximate surface area is 194 Å². The first-order valence-electron chi connectivity index (χ1n) is 9.97.